The number of aryl methyl sites for hydroxylation is 1. The molecule has 0 radical (unpaired) electrons. The first-order valence-electron chi connectivity index (χ1n) is 10.2. The van der Waals surface area contributed by atoms with Crippen LogP contribution < -0.4 is 0 Å². The number of nitrogens with zero attached hydrogens (tertiary/aromatic N) is 3. The van der Waals surface area contributed by atoms with Gasteiger partial charge in [0.05, 0.1) is 17.6 Å². The maximum absolute atomic E-state index is 13.8. The molecular formula is C22H24FN3O4S. The van der Waals surface area contributed by atoms with Gasteiger partial charge in [0.25, 0.3) is 5.89 Å². The zero-order valence-corrected chi connectivity index (χ0v) is 18.0. The summed E-state index contributed by atoms with van der Waals surface area (Å²) in [5, 5.41) is 3.98. The van der Waals surface area contributed by atoms with Crippen molar-refractivity contribution in [3.63, 3.8) is 0 Å². The van der Waals surface area contributed by atoms with Gasteiger partial charge in [-0.15, -0.1) is 0 Å². The molecule has 1 aliphatic heterocycles. The van der Waals surface area contributed by atoms with Gasteiger partial charge in [0, 0.05) is 25.1 Å². The van der Waals surface area contributed by atoms with Gasteiger partial charge < -0.3 is 9.26 Å². The van der Waals surface area contributed by atoms with Crippen LogP contribution in [-0.2, 0) is 21.2 Å². The topological polar surface area (TPSA) is 85.5 Å². The van der Waals surface area contributed by atoms with Crippen molar-refractivity contribution < 1.29 is 22.1 Å². The molecule has 7 nitrogen and oxygen atoms in total. The van der Waals surface area contributed by atoms with E-state index in [9.17, 15) is 12.8 Å². The molecule has 1 fully saturated rings. The fourth-order valence-corrected chi connectivity index (χ4v) is 4.97. The number of piperidine rings is 1. The molecule has 0 atom stereocenters. The van der Waals surface area contributed by atoms with Gasteiger partial charge in [-0.25, -0.2) is 12.8 Å². The van der Waals surface area contributed by atoms with Crippen LogP contribution >= 0.6 is 0 Å². The van der Waals surface area contributed by atoms with Crippen molar-refractivity contribution in [3.05, 3.63) is 65.7 Å². The molecule has 4 rings (SSSR count). The molecule has 0 bridgehead atoms. The molecule has 2 aromatic carbocycles. The predicted octanol–water partition coefficient (Wildman–Crippen LogP) is 3.60. The molecule has 1 saturated heterocycles. The summed E-state index contributed by atoms with van der Waals surface area (Å²) in [6.07, 6.45) is 1.63. The Hall–Kier alpha value is -2.62. The average Bonchev–Trinajstić information content (AvgIpc) is 3.25. The van der Waals surface area contributed by atoms with Crippen LogP contribution in [0.3, 0.4) is 0 Å². The standard InChI is InChI=1S/C22H24FN3O4S/c1-16-7-8-19(15-20(16)23)31(27,28)26-12-9-18(10-13-26)29-14-11-21-24-22(30-25-21)17-5-3-2-4-6-17/h2-8,15,18H,9-14H2,1H3. The highest BCUT2D eigenvalue weighted by Gasteiger charge is 2.30. The lowest BCUT2D eigenvalue weighted by Gasteiger charge is -2.31. The summed E-state index contributed by atoms with van der Waals surface area (Å²) in [6, 6.07) is 13.6. The number of sulfonamides is 1. The van der Waals surface area contributed by atoms with Crippen molar-refractivity contribution in [2.24, 2.45) is 0 Å². The number of ether oxygens (including phenoxy) is 1. The van der Waals surface area contributed by atoms with E-state index in [0.717, 1.165) is 11.6 Å². The summed E-state index contributed by atoms with van der Waals surface area (Å²) in [4.78, 5) is 4.37. The SMILES string of the molecule is Cc1ccc(S(=O)(=O)N2CCC(OCCc3noc(-c4ccccc4)n3)CC2)cc1F. The van der Waals surface area contributed by atoms with Gasteiger partial charge in [0.2, 0.25) is 10.0 Å². The minimum absolute atomic E-state index is 0.0127. The Morgan fingerprint density at radius 3 is 2.61 bits per heavy atom. The van der Waals surface area contributed by atoms with Crippen LogP contribution in [0.1, 0.15) is 24.2 Å². The molecule has 0 spiro atoms. The Kier molecular flexibility index (Phi) is 6.45. The van der Waals surface area contributed by atoms with Crippen LogP contribution in [-0.4, -0.2) is 48.7 Å². The molecule has 2 heterocycles. The number of hydrogen-bond acceptors (Lipinski definition) is 6. The van der Waals surface area contributed by atoms with Gasteiger partial charge in [0.15, 0.2) is 5.82 Å². The lowest BCUT2D eigenvalue weighted by Crippen LogP contribution is -2.41. The molecule has 0 aliphatic carbocycles. The van der Waals surface area contributed by atoms with Gasteiger partial charge in [0.1, 0.15) is 5.82 Å². The Balaban J connectivity index is 1.26. The van der Waals surface area contributed by atoms with E-state index >= 15 is 0 Å². The van der Waals surface area contributed by atoms with Crippen LogP contribution in [0.5, 0.6) is 0 Å². The number of halogens is 1. The fraction of sp³-hybridized carbons (Fsp3) is 0.364. The van der Waals surface area contributed by atoms with Crippen LogP contribution in [0.4, 0.5) is 4.39 Å². The van der Waals surface area contributed by atoms with Gasteiger partial charge in [-0.1, -0.05) is 29.4 Å². The normalized spacial score (nSPS) is 15.9. The van der Waals surface area contributed by atoms with Gasteiger partial charge in [-0.2, -0.15) is 9.29 Å². The number of benzene rings is 2. The van der Waals surface area contributed by atoms with Crippen molar-refractivity contribution in [2.45, 2.75) is 37.2 Å². The maximum atomic E-state index is 13.8. The second kappa shape index (κ2) is 9.25. The van der Waals surface area contributed by atoms with E-state index in [2.05, 4.69) is 10.1 Å². The lowest BCUT2D eigenvalue weighted by atomic mass is 10.1. The molecule has 0 unspecified atom stereocenters. The molecule has 1 aromatic heterocycles. The Labute approximate surface area is 180 Å². The summed E-state index contributed by atoms with van der Waals surface area (Å²) < 4.78 is 51.9. The summed E-state index contributed by atoms with van der Waals surface area (Å²) in [5.41, 5.74) is 1.28. The van der Waals surface area contributed by atoms with Crippen molar-refractivity contribution in [2.75, 3.05) is 19.7 Å². The first-order valence-corrected chi connectivity index (χ1v) is 11.6. The fourth-order valence-electron chi connectivity index (χ4n) is 3.49. The van der Waals surface area contributed by atoms with Crippen molar-refractivity contribution >= 4 is 10.0 Å². The second-order valence-electron chi connectivity index (χ2n) is 7.52. The summed E-state index contributed by atoms with van der Waals surface area (Å²) >= 11 is 0. The van der Waals surface area contributed by atoms with E-state index in [-0.39, 0.29) is 11.0 Å². The van der Waals surface area contributed by atoms with E-state index in [0.29, 0.717) is 56.2 Å². The first-order chi connectivity index (χ1) is 14.9. The third-order valence-corrected chi connectivity index (χ3v) is 7.24. The minimum Gasteiger partial charge on any atom is -0.378 e. The highest BCUT2D eigenvalue weighted by Crippen LogP contribution is 2.24. The van der Waals surface area contributed by atoms with E-state index < -0.39 is 15.8 Å². The molecular weight excluding hydrogens is 421 g/mol. The third-order valence-electron chi connectivity index (χ3n) is 5.35. The molecule has 0 saturated carbocycles. The third kappa shape index (κ3) is 5.00. The summed E-state index contributed by atoms with van der Waals surface area (Å²) in [5.74, 6) is 0.526. The number of aromatic nitrogens is 2. The Bertz CT molecular complexity index is 1130. The zero-order valence-electron chi connectivity index (χ0n) is 17.2. The molecule has 164 valence electrons. The van der Waals surface area contributed by atoms with Crippen molar-refractivity contribution in [1.82, 2.24) is 14.4 Å². The Morgan fingerprint density at radius 1 is 1.16 bits per heavy atom. The highest BCUT2D eigenvalue weighted by molar-refractivity contribution is 7.89. The monoisotopic (exact) mass is 445 g/mol. The van der Waals surface area contributed by atoms with Gasteiger partial charge >= 0.3 is 0 Å². The van der Waals surface area contributed by atoms with Crippen LogP contribution in [0.15, 0.2) is 57.9 Å². The average molecular weight is 446 g/mol. The largest absolute Gasteiger partial charge is 0.378 e. The van der Waals surface area contributed by atoms with Gasteiger partial charge in [-0.3, -0.25) is 0 Å². The minimum atomic E-state index is -3.71. The van der Waals surface area contributed by atoms with Crippen molar-refractivity contribution in [3.8, 4) is 11.5 Å². The number of hydrogen-bond donors (Lipinski definition) is 0. The van der Waals surface area contributed by atoms with E-state index in [1.807, 2.05) is 30.3 Å². The van der Waals surface area contributed by atoms with E-state index in [1.54, 1.807) is 6.92 Å². The summed E-state index contributed by atoms with van der Waals surface area (Å²) in [7, 11) is -3.71. The smallest absolute Gasteiger partial charge is 0.257 e. The molecule has 1 aliphatic rings. The van der Waals surface area contributed by atoms with Crippen LogP contribution in [0, 0.1) is 12.7 Å². The van der Waals surface area contributed by atoms with Gasteiger partial charge in [-0.05, 0) is 49.6 Å². The lowest BCUT2D eigenvalue weighted by molar-refractivity contribution is 0.0222. The van der Waals surface area contributed by atoms with E-state index in [1.165, 1.54) is 16.4 Å². The first kappa shape index (κ1) is 21.6. The molecule has 0 N–H and O–H groups in total. The zero-order chi connectivity index (χ0) is 21.8. The second-order valence-corrected chi connectivity index (χ2v) is 9.45. The van der Waals surface area contributed by atoms with Crippen molar-refractivity contribution in [1.29, 1.82) is 0 Å². The maximum Gasteiger partial charge on any atom is 0.257 e. The summed E-state index contributed by atoms with van der Waals surface area (Å²) in [6.45, 7) is 2.70. The molecule has 0 amide bonds. The Morgan fingerprint density at radius 2 is 1.90 bits per heavy atom. The molecule has 9 heteroatoms. The van der Waals surface area contributed by atoms with Crippen LogP contribution in [0.25, 0.3) is 11.5 Å². The predicted molar refractivity (Wildman–Crippen MR) is 112 cm³/mol. The molecule has 3 aromatic rings. The molecule has 31 heavy (non-hydrogen) atoms. The quantitative estimate of drug-likeness (QED) is 0.552. The van der Waals surface area contributed by atoms with E-state index in [4.69, 9.17) is 9.26 Å². The number of rotatable bonds is 7. The van der Waals surface area contributed by atoms with Crippen LogP contribution in [0.2, 0.25) is 0 Å². The highest BCUT2D eigenvalue weighted by atomic mass is 32.2.